The molecule has 1 atom stereocenters. The number of aliphatic hydroxyl groups excluding tert-OH is 1. The van der Waals surface area contributed by atoms with Gasteiger partial charge in [-0.25, -0.2) is 0 Å². The molecule has 0 radical (unpaired) electrons. The summed E-state index contributed by atoms with van der Waals surface area (Å²) >= 11 is 0. The molecule has 1 unspecified atom stereocenters. The highest BCUT2D eigenvalue weighted by atomic mass is 16.5. The first-order chi connectivity index (χ1) is 17.2. The van der Waals surface area contributed by atoms with Crippen molar-refractivity contribution in [2.45, 2.75) is 32.7 Å². The van der Waals surface area contributed by atoms with Crippen molar-refractivity contribution in [3.63, 3.8) is 0 Å². The number of aliphatic hydroxyl groups is 1. The fourth-order valence-corrected chi connectivity index (χ4v) is 4.49. The van der Waals surface area contributed by atoms with Crippen molar-refractivity contribution in [1.82, 2.24) is 0 Å². The van der Waals surface area contributed by atoms with E-state index in [2.05, 4.69) is 0 Å². The Morgan fingerprint density at radius 1 is 1.06 bits per heavy atom. The number of aryl methyl sites for hydroxylation is 1. The number of ketones is 1. The molecular formula is C29H26N2O5. The van der Waals surface area contributed by atoms with Crippen LogP contribution >= 0.6 is 0 Å². The monoisotopic (exact) mass is 482 g/mol. The van der Waals surface area contributed by atoms with Gasteiger partial charge in [-0.2, -0.15) is 5.26 Å². The number of hydrogen-bond acceptors (Lipinski definition) is 6. The van der Waals surface area contributed by atoms with Crippen molar-refractivity contribution in [3.05, 3.63) is 94.1 Å². The van der Waals surface area contributed by atoms with Gasteiger partial charge in [0.15, 0.2) is 0 Å². The molecule has 36 heavy (non-hydrogen) atoms. The third-order valence-corrected chi connectivity index (χ3v) is 6.38. The van der Waals surface area contributed by atoms with Crippen molar-refractivity contribution in [2.75, 3.05) is 12.0 Å². The Balaban J connectivity index is 1.97. The van der Waals surface area contributed by atoms with Crippen LogP contribution in [0.25, 0.3) is 5.76 Å². The van der Waals surface area contributed by atoms with Gasteiger partial charge in [-0.05, 0) is 78.1 Å². The van der Waals surface area contributed by atoms with Crippen LogP contribution in [0.15, 0.2) is 66.2 Å². The van der Waals surface area contributed by atoms with E-state index in [4.69, 9.17) is 10.00 Å². The molecule has 2 N–H and O–H groups in total. The van der Waals surface area contributed by atoms with E-state index < -0.39 is 17.7 Å². The van der Waals surface area contributed by atoms with Gasteiger partial charge in [0, 0.05) is 11.3 Å². The molecule has 0 spiro atoms. The van der Waals surface area contributed by atoms with Crippen molar-refractivity contribution < 1.29 is 24.5 Å². The maximum atomic E-state index is 13.4. The number of nitrogens with zero attached hydrogens (tertiary/aromatic N) is 2. The van der Waals surface area contributed by atoms with E-state index in [1.54, 1.807) is 62.6 Å². The topological polar surface area (TPSA) is 111 Å². The SMILES string of the molecule is COc1cc(C)c(/C(O)=C2\C(=O)C(=O)N(c3ccc(C#N)cc3)C2c2ccc(O)cc2)cc1C(C)C. The predicted octanol–water partition coefficient (Wildman–Crippen LogP) is 5.33. The number of rotatable bonds is 5. The number of nitriles is 1. The van der Waals surface area contributed by atoms with Crippen LogP contribution in [-0.2, 0) is 9.59 Å². The maximum absolute atomic E-state index is 13.4. The molecule has 3 aromatic rings. The highest BCUT2D eigenvalue weighted by Crippen LogP contribution is 2.43. The average Bonchev–Trinajstić information content (AvgIpc) is 3.14. The number of phenolic OH excluding ortho intramolecular Hbond substituents is 1. The second-order valence-corrected chi connectivity index (χ2v) is 8.98. The first-order valence-corrected chi connectivity index (χ1v) is 11.5. The standard InChI is InChI=1S/C29H26N2O5/c1-16(2)22-14-23(17(3)13-24(22)36-4)27(33)25-26(19-7-11-21(32)12-8-19)31(29(35)28(25)34)20-9-5-18(15-30)6-10-20/h5-14,16,26,32-33H,1-4H3/b27-25+. The number of aromatic hydroxyl groups is 1. The zero-order valence-corrected chi connectivity index (χ0v) is 20.4. The Morgan fingerprint density at radius 3 is 2.25 bits per heavy atom. The molecule has 0 aromatic heterocycles. The minimum absolute atomic E-state index is 0.0293. The molecule has 0 bridgehead atoms. The van der Waals surface area contributed by atoms with Gasteiger partial charge < -0.3 is 14.9 Å². The number of carbonyl (C=O) groups excluding carboxylic acids is 2. The van der Waals surface area contributed by atoms with Gasteiger partial charge in [0.2, 0.25) is 0 Å². The van der Waals surface area contributed by atoms with Crippen LogP contribution in [0.4, 0.5) is 5.69 Å². The fourth-order valence-electron chi connectivity index (χ4n) is 4.49. The number of Topliss-reactive ketones (excluding diaryl/α,β-unsaturated/α-hetero) is 1. The summed E-state index contributed by atoms with van der Waals surface area (Å²) in [5.41, 5.74) is 3.26. The number of anilines is 1. The fraction of sp³-hybridized carbons (Fsp3) is 0.207. The second-order valence-electron chi connectivity index (χ2n) is 8.98. The summed E-state index contributed by atoms with van der Waals surface area (Å²) in [6, 6.07) is 17.1. The molecule has 3 aromatic carbocycles. The van der Waals surface area contributed by atoms with E-state index in [1.807, 2.05) is 19.9 Å². The number of amides is 1. The first kappa shape index (κ1) is 24.6. The van der Waals surface area contributed by atoms with Gasteiger partial charge >= 0.3 is 0 Å². The normalized spacial score (nSPS) is 16.9. The smallest absolute Gasteiger partial charge is 0.300 e. The van der Waals surface area contributed by atoms with E-state index in [9.17, 15) is 19.8 Å². The Labute approximate surface area is 209 Å². The van der Waals surface area contributed by atoms with Crippen molar-refractivity contribution in [3.8, 4) is 17.6 Å². The van der Waals surface area contributed by atoms with Crippen LogP contribution in [0.1, 0.15) is 53.6 Å². The molecule has 0 saturated carbocycles. The summed E-state index contributed by atoms with van der Waals surface area (Å²) < 4.78 is 5.51. The molecule has 7 nitrogen and oxygen atoms in total. The Morgan fingerprint density at radius 2 is 1.69 bits per heavy atom. The lowest BCUT2D eigenvalue weighted by atomic mass is 9.91. The molecule has 4 rings (SSSR count). The average molecular weight is 483 g/mol. The largest absolute Gasteiger partial charge is 0.508 e. The molecule has 1 aliphatic heterocycles. The summed E-state index contributed by atoms with van der Waals surface area (Å²) in [7, 11) is 1.58. The van der Waals surface area contributed by atoms with Crippen LogP contribution in [0.2, 0.25) is 0 Å². The third kappa shape index (κ3) is 4.18. The van der Waals surface area contributed by atoms with Crippen LogP contribution in [-0.4, -0.2) is 29.0 Å². The van der Waals surface area contributed by atoms with Gasteiger partial charge in [-0.15, -0.1) is 0 Å². The molecule has 7 heteroatoms. The quantitative estimate of drug-likeness (QED) is 0.289. The van der Waals surface area contributed by atoms with Crippen LogP contribution in [0.3, 0.4) is 0 Å². The summed E-state index contributed by atoms with van der Waals surface area (Å²) in [4.78, 5) is 28.0. The molecule has 0 aliphatic carbocycles. The highest BCUT2D eigenvalue weighted by Gasteiger charge is 2.47. The number of hydrogen-bond donors (Lipinski definition) is 2. The minimum Gasteiger partial charge on any atom is -0.508 e. The van der Waals surface area contributed by atoms with Crippen LogP contribution in [0.5, 0.6) is 11.5 Å². The number of phenols is 1. The Bertz CT molecular complexity index is 1410. The minimum atomic E-state index is -0.942. The molecule has 1 fully saturated rings. The molecule has 182 valence electrons. The summed E-state index contributed by atoms with van der Waals surface area (Å²) in [6.45, 7) is 5.79. The number of methoxy groups -OCH3 is 1. The van der Waals surface area contributed by atoms with Gasteiger partial charge in [-0.1, -0.05) is 26.0 Å². The third-order valence-electron chi connectivity index (χ3n) is 6.38. The van der Waals surface area contributed by atoms with E-state index in [0.29, 0.717) is 33.7 Å². The molecule has 1 aliphatic rings. The van der Waals surface area contributed by atoms with E-state index in [1.165, 1.54) is 17.0 Å². The number of benzene rings is 3. The van der Waals surface area contributed by atoms with Crippen LogP contribution in [0, 0.1) is 18.3 Å². The van der Waals surface area contributed by atoms with Crippen molar-refractivity contribution in [1.29, 1.82) is 5.26 Å². The van der Waals surface area contributed by atoms with Gasteiger partial charge in [-0.3, -0.25) is 14.5 Å². The molecular weight excluding hydrogens is 456 g/mol. The van der Waals surface area contributed by atoms with E-state index in [0.717, 1.165) is 5.56 Å². The zero-order chi connectivity index (χ0) is 26.1. The lowest BCUT2D eigenvalue weighted by Crippen LogP contribution is -2.29. The number of carbonyl (C=O) groups is 2. The lowest BCUT2D eigenvalue weighted by molar-refractivity contribution is -0.132. The summed E-state index contributed by atoms with van der Waals surface area (Å²) in [6.07, 6.45) is 0. The molecule has 1 heterocycles. The summed E-state index contributed by atoms with van der Waals surface area (Å²) in [5.74, 6) is -1.12. The van der Waals surface area contributed by atoms with E-state index in [-0.39, 0.29) is 23.0 Å². The Kier molecular flexibility index (Phi) is 6.54. The molecule has 1 saturated heterocycles. The van der Waals surface area contributed by atoms with Gasteiger partial charge in [0.1, 0.15) is 17.3 Å². The molecule has 1 amide bonds. The summed E-state index contributed by atoms with van der Waals surface area (Å²) in [5, 5.41) is 30.5. The predicted molar refractivity (Wildman–Crippen MR) is 136 cm³/mol. The Hall–Kier alpha value is -4.57. The zero-order valence-electron chi connectivity index (χ0n) is 20.4. The maximum Gasteiger partial charge on any atom is 0.300 e. The van der Waals surface area contributed by atoms with Crippen molar-refractivity contribution >= 4 is 23.1 Å². The lowest BCUT2D eigenvalue weighted by Gasteiger charge is -2.26. The van der Waals surface area contributed by atoms with Gasteiger partial charge in [0.25, 0.3) is 11.7 Å². The van der Waals surface area contributed by atoms with E-state index >= 15 is 0 Å². The van der Waals surface area contributed by atoms with Crippen LogP contribution < -0.4 is 9.64 Å². The second kappa shape index (κ2) is 9.59. The van der Waals surface area contributed by atoms with Crippen molar-refractivity contribution in [2.24, 2.45) is 0 Å². The first-order valence-electron chi connectivity index (χ1n) is 11.5. The highest BCUT2D eigenvalue weighted by molar-refractivity contribution is 6.51. The number of ether oxygens (including phenoxy) is 1. The van der Waals surface area contributed by atoms with Gasteiger partial charge in [0.05, 0.1) is 30.4 Å².